The Morgan fingerprint density at radius 3 is 2.55 bits per heavy atom. The summed E-state index contributed by atoms with van der Waals surface area (Å²) in [6, 6.07) is 11.3. The summed E-state index contributed by atoms with van der Waals surface area (Å²) in [6.45, 7) is 0. The number of thioether (sulfide) groups is 1. The quantitative estimate of drug-likeness (QED) is 0.265. The van der Waals surface area contributed by atoms with Crippen LogP contribution in [0.15, 0.2) is 47.4 Å². The van der Waals surface area contributed by atoms with Gasteiger partial charge in [-0.25, -0.2) is 10.2 Å². The number of benzene rings is 2. The first-order chi connectivity index (χ1) is 9.60. The number of nitrogens with two attached hydrogens (primary N) is 2. The summed E-state index contributed by atoms with van der Waals surface area (Å²) in [5, 5.41) is 0. The van der Waals surface area contributed by atoms with Gasteiger partial charge in [-0.05, 0) is 35.9 Å². The van der Waals surface area contributed by atoms with Gasteiger partial charge in [0.05, 0.1) is 0 Å². The molecule has 0 saturated carbocycles. The molecule has 6 heteroatoms. The van der Waals surface area contributed by atoms with E-state index in [1.54, 1.807) is 18.2 Å². The van der Waals surface area contributed by atoms with E-state index in [-0.39, 0.29) is 11.7 Å². The Morgan fingerprint density at radius 1 is 1.20 bits per heavy atom. The van der Waals surface area contributed by atoms with Gasteiger partial charge in [-0.2, -0.15) is 0 Å². The standard InChI is InChI=1S/C14H14FN3OS/c15-11-5-6-12(16)13(7-11)20-8-9-1-3-10(4-2-9)14(19)18-17/h1-7H,8,16-17H2,(H,18,19). The Bertz CT molecular complexity index is 616. The average molecular weight is 291 g/mol. The van der Waals surface area contributed by atoms with Crippen molar-refractivity contribution >= 4 is 23.4 Å². The van der Waals surface area contributed by atoms with E-state index in [1.807, 2.05) is 12.1 Å². The fraction of sp³-hybridized carbons (Fsp3) is 0.0714. The van der Waals surface area contributed by atoms with Gasteiger partial charge in [-0.15, -0.1) is 11.8 Å². The Labute approximate surface area is 120 Å². The third kappa shape index (κ3) is 3.49. The Hall–Kier alpha value is -2.05. The summed E-state index contributed by atoms with van der Waals surface area (Å²) in [4.78, 5) is 12.0. The third-order valence-corrected chi connectivity index (χ3v) is 3.86. The zero-order chi connectivity index (χ0) is 14.5. The fourth-order valence-electron chi connectivity index (χ4n) is 1.63. The molecule has 2 aromatic carbocycles. The second-order valence-electron chi connectivity index (χ2n) is 4.14. The fourth-order valence-corrected chi connectivity index (χ4v) is 2.58. The van der Waals surface area contributed by atoms with Crippen LogP contribution >= 0.6 is 11.8 Å². The molecule has 0 heterocycles. The van der Waals surface area contributed by atoms with Crippen molar-refractivity contribution in [3.05, 3.63) is 59.4 Å². The molecule has 20 heavy (non-hydrogen) atoms. The molecule has 0 aliphatic carbocycles. The van der Waals surface area contributed by atoms with E-state index in [0.717, 1.165) is 5.56 Å². The summed E-state index contributed by atoms with van der Waals surface area (Å²) < 4.78 is 13.1. The molecule has 0 unspecified atom stereocenters. The average Bonchev–Trinajstić information content (AvgIpc) is 2.48. The van der Waals surface area contributed by atoms with Crippen molar-refractivity contribution in [1.82, 2.24) is 5.43 Å². The van der Waals surface area contributed by atoms with Gasteiger partial charge in [0, 0.05) is 21.9 Å². The normalized spacial score (nSPS) is 10.3. The van der Waals surface area contributed by atoms with Gasteiger partial charge in [0.15, 0.2) is 0 Å². The van der Waals surface area contributed by atoms with E-state index in [1.165, 1.54) is 23.9 Å². The van der Waals surface area contributed by atoms with E-state index in [2.05, 4.69) is 5.43 Å². The number of anilines is 1. The minimum Gasteiger partial charge on any atom is -0.398 e. The molecule has 0 spiro atoms. The van der Waals surface area contributed by atoms with Crippen LogP contribution in [0, 0.1) is 5.82 Å². The number of hydrazine groups is 1. The smallest absolute Gasteiger partial charge is 0.265 e. The third-order valence-electron chi connectivity index (χ3n) is 2.72. The Balaban J connectivity index is 2.04. The topological polar surface area (TPSA) is 81.1 Å². The lowest BCUT2D eigenvalue weighted by molar-refractivity contribution is 0.0953. The molecule has 5 N–H and O–H groups in total. The maximum Gasteiger partial charge on any atom is 0.265 e. The first-order valence-electron chi connectivity index (χ1n) is 5.88. The van der Waals surface area contributed by atoms with Crippen molar-refractivity contribution in [2.45, 2.75) is 10.6 Å². The second kappa shape index (κ2) is 6.40. The van der Waals surface area contributed by atoms with Gasteiger partial charge in [0.1, 0.15) is 5.82 Å². The molecular formula is C14H14FN3OS. The summed E-state index contributed by atoms with van der Waals surface area (Å²) in [6.07, 6.45) is 0. The van der Waals surface area contributed by atoms with Gasteiger partial charge in [-0.1, -0.05) is 12.1 Å². The van der Waals surface area contributed by atoms with Gasteiger partial charge in [0.2, 0.25) is 0 Å². The number of nitrogen functional groups attached to an aromatic ring is 2. The van der Waals surface area contributed by atoms with E-state index >= 15 is 0 Å². The molecule has 0 aromatic heterocycles. The Kier molecular flexibility index (Phi) is 4.60. The predicted molar refractivity (Wildman–Crippen MR) is 78.5 cm³/mol. The number of hydrogen-bond acceptors (Lipinski definition) is 4. The summed E-state index contributed by atoms with van der Waals surface area (Å²) >= 11 is 1.44. The lowest BCUT2D eigenvalue weighted by Crippen LogP contribution is -2.29. The van der Waals surface area contributed by atoms with E-state index in [9.17, 15) is 9.18 Å². The number of amides is 1. The minimum absolute atomic E-state index is 0.309. The Morgan fingerprint density at radius 2 is 1.90 bits per heavy atom. The highest BCUT2D eigenvalue weighted by molar-refractivity contribution is 7.98. The molecule has 0 aliphatic heterocycles. The van der Waals surface area contributed by atoms with E-state index < -0.39 is 0 Å². The number of hydrogen-bond donors (Lipinski definition) is 3. The van der Waals surface area contributed by atoms with Crippen molar-refractivity contribution < 1.29 is 9.18 Å². The van der Waals surface area contributed by atoms with Crippen LogP contribution in [0.3, 0.4) is 0 Å². The molecule has 4 nitrogen and oxygen atoms in total. The number of rotatable bonds is 4. The molecule has 2 aromatic rings. The van der Waals surface area contributed by atoms with Crippen LogP contribution in [0.5, 0.6) is 0 Å². The molecule has 2 rings (SSSR count). The van der Waals surface area contributed by atoms with Crippen molar-refractivity contribution in [2.75, 3.05) is 5.73 Å². The number of carbonyl (C=O) groups excluding carboxylic acids is 1. The lowest BCUT2D eigenvalue weighted by Gasteiger charge is -2.06. The number of carbonyl (C=O) groups is 1. The lowest BCUT2D eigenvalue weighted by atomic mass is 10.1. The molecule has 0 aliphatic rings. The molecule has 0 saturated heterocycles. The largest absolute Gasteiger partial charge is 0.398 e. The van der Waals surface area contributed by atoms with Gasteiger partial charge in [0.25, 0.3) is 5.91 Å². The van der Waals surface area contributed by atoms with Crippen molar-refractivity contribution in [3.8, 4) is 0 Å². The zero-order valence-electron chi connectivity index (χ0n) is 10.6. The molecule has 0 radical (unpaired) electrons. The van der Waals surface area contributed by atoms with Crippen LogP contribution in [0.2, 0.25) is 0 Å². The zero-order valence-corrected chi connectivity index (χ0v) is 11.4. The van der Waals surface area contributed by atoms with Crippen LogP contribution in [-0.4, -0.2) is 5.91 Å². The van der Waals surface area contributed by atoms with Crippen molar-refractivity contribution in [1.29, 1.82) is 0 Å². The van der Waals surface area contributed by atoms with Crippen molar-refractivity contribution in [2.24, 2.45) is 5.84 Å². The molecule has 0 fully saturated rings. The first kappa shape index (κ1) is 14.4. The minimum atomic E-state index is -0.335. The predicted octanol–water partition coefficient (Wildman–Crippen LogP) is 2.30. The molecule has 0 atom stereocenters. The highest BCUT2D eigenvalue weighted by Gasteiger charge is 2.05. The monoisotopic (exact) mass is 291 g/mol. The van der Waals surface area contributed by atoms with Crippen LogP contribution in [-0.2, 0) is 5.75 Å². The second-order valence-corrected chi connectivity index (χ2v) is 5.16. The van der Waals surface area contributed by atoms with E-state index in [0.29, 0.717) is 21.9 Å². The van der Waals surface area contributed by atoms with Gasteiger partial charge >= 0.3 is 0 Å². The van der Waals surface area contributed by atoms with Crippen LogP contribution < -0.4 is 17.0 Å². The van der Waals surface area contributed by atoms with E-state index in [4.69, 9.17) is 11.6 Å². The summed E-state index contributed by atoms with van der Waals surface area (Å²) in [5.74, 6) is 5.05. The molecule has 1 amide bonds. The highest BCUT2D eigenvalue weighted by atomic mass is 32.2. The number of halogens is 1. The summed E-state index contributed by atoms with van der Waals surface area (Å²) in [7, 11) is 0. The molecule has 104 valence electrons. The highest BCUT2D eigenvalue weighted by Crippen LogP contribution is 2.28. The summed E-state index contributed by atoms with van der Waals surface area (Å²) in [5.41, 5.74) is 9.90. The maximum atomic E-state index is 13.1. The number of nitrogens with one attached hydrogen (secondary N) is 1. The van der Waals surface area contributed by atoms with Crippen molar-refractivity contribution in [3.63, 3.8) is 0 Å². The van der Waals surface area contributed by atoms with Crippen LogP contribution in [0.4, 0.5) is 10.1 Å². The first-order valence-corrected chi connectivity index (χ1v) is 6.86. The van der Waals surface area contributed by atoms with Gasteiger partial charge in [-0.3, -0.25) is 10.2 Å². The SMILES string of the molecule is NNC(=O)c1ccc(CSc2cc(F)ccc2N)cc1. The maximum absolute atomic E-state index is 13.1. The molecule has 0 bridgehead atoms. The van der Waals surface area contributed by atoms with Crippen LogP contribution in [0.25, 0.3) is 0 Å². The molecular weight excluding hydrogens is 277 g/mol. The van der Waals surface area contributed by atoms with Crippen LogP contribution in [0.1, 0.15) is 15.9 Å². The van der Waals surface area contributed by atoms with Gasteiger partial charge < -0.3 is 5.73 Å².